The molecule has 2 N–H and O–H groups in total. The summed E-state index contributed by atoms with van der Waals surface area (Å²) in [5.41, 5.74) is 1.53. The number of hydrogen-bond donors (Lipinski definition) is 2. The van der Waals surface area contributed by atoms with Crippen LogP contribution in [0.3, 0.4) is 0 Å². The summed E-state index contributed by atoms with van der Waals surface area (Å²) in [7, 11) is 0. The fourth-order valence-corrected chi connectivity index (χ4v) is 4.40. The predicted octanol–water partition coefficient (Wildman–Crippen LogP) is 2.87. The van der Waals surface area contributed by atoms with Gasteiger partial charge in [-0.25, -0.2) is 9.07 Å². The van der Waals surface area contributed by atoms with Crippen LogP contribution >= 0.6 is 12.4 Å². The van der Waals surface area contributed by atoms with E-state index in [1.807, 2.05) is 12.3 Å². The zero-order valence-corrected chi connectivity index (χ0v) is 16.1. The largest absolute Gasteiger partial charge is 0.355 e. The summed E-state index contributed by atoms with van der Waals surface area (Å²) in [4.78, 5) is 12.8. The average Bonchev–Trinajstić information content (AvgIpc) is 3.30. The zero-order valence-electron chi connectivity index (χ0n) is 15.3. The Morgan fingerprint density at radius 3 is 2.93 bits per heavy atom. The Kier molecular flexibility index (Phi) is 6.17. The van der Waals surface area contributed by atoms with Crippen molar-refractivity contribution in [2.24, 2.45) is 11.3 Å². The summed E-state index contributed by atoms with van der Waals surface area (Å²) in [6, 6.07) is 8.18. The molecular weight excluding hydrogens is 367 g/mol. The summed E-state index contributed by atoms with van der Waals surface area (Å²) in [5, 5.41) is 11.1. The molecule has 5 nitrogen and oxygen atoms in total. The fraction of sp³-hybridized carbons (Fsp3) is 0.500. The Bertz CT molecular complexity index is 779. The molecule has 146 valence electrons. The van der Waals surface area contributed by atoms with Gasteiger partial charge in [0, 0.05) is 25.7 Å². The van der Waals surface area contributed by atoms with Crippen LogP contribution in [0.5, 0.6) is 0 Å². The highest BCUT2D eigenvalue weighted by atomic mass is 35.5. The van der Waals surface area contributed by atoms with Crippen molar-refractivity contribution < 1.29 is 9.18 Å². The molecule has 27 heavy (non-hydrogen) atoms. The SMILES string of the molecule is Cl.O=C(NCCc1ccn(-c2ccc(F)cc2)n1)[C@@]12CCCC[C@H]1CNC2. The van der Waals surface area contributed by atoms with Gasteiger partial charge in [-0.15, -0.1) is 12.4 Å². The van der Waals surface area contributed by atoms with Gasteiger partial charge in [-0.2, -0.15) is 5.10 Å². The second-order valence-corrected chi connectivity index (χ2v) is 7.46. The Hall–Kier alpha value is -1.92. The molecule has 1 aromatic carbocycles. The van der Waals surface area contributed by atoms with Gasteiger partial charge in [0.2, 0.25) is 5.91 Å². The van der Waals surface area contributed by atoms with Crippen molar-refractivity contribution in [3.8, 4) is 5.69 Å². The van der Waals surface area contributed by atoms with Gasteiger partial charge in [-0.3, -0.25) is 4.79 Å². The van der Waals surface area contributed by atoms with Gasteiger partial charge in [0.25, 0.3) is 0 Å². The Morgan fingerprint density at radius 1 is 1.30 bits per heavy atom. The van der Waals surface area contributed by atoms with E-state index >= 15 is 0 Å². The molecule has 0 unspecified atom stereocenters. The van der Waals surface area contributed by atoms with E-state index in [4.69, 9.17) is 0 Å². The topological polar surface area (TPSA) is 59.0 Å². The van der Waals surface area contributed by atoms with E-state index in [0.29, 0.717) is 18.9 Å². The maximum Gasteiger partial charge on any atom is 0.227 e. The van der Waals surface area contributed by atoms with E-state index in [2.05, 4.69) is 15.7 Å². The fourth-order valence-electron chi connectivity index (χ4n) is 4.40. The molecule has 4 rings (SSSR count). The van der Waals surface area contributed by atoms with Crippen molar-refractivity contribution in [3.63, 3.8) is 0 Å². The van der Waals surface area contributed by atoms with Crippen molar-refractivity contribution in [2.75, 3.05) is 19.6 Å². The third-order valence-electron chi connectivity index (χ3n) is 5.89. The highest BCUT2D eigenvalue weighted by molar-refractivity contribution is 5.85. The Morgan fingerprint density at radius 2 is 2.11 bits per heavy atom. The van der Waals surface area contributed by atoms with Gasteiger partial charge in [-0.05, 0) is 55.6 Å². The van der Waals surface area contributed by atoms with E-state index in [1.54, 1.807) is 16.8 Å². The van der Waals surface area contributed by atoms with E-state index in [9.17, 15) is 9.18 Å². The van der Waals surface area contributed by atoms with E-state index in [0.717, 1.165) is 43.7 Å². The standard InChI is InChI=1S/C20H25FN4O.ClH/c21-16-4-6-18(7-5-16)25-12-9-17(24-25)8-11-23-19(26)20-10-2-1-3-15(20)13-22-14-20;/h4-7,9,12,15,22H,1-3,8,10-11,13-14H2,(H,23,26);1H/t15-,20+;/m0./s1. The third kappa shape index (κ3) is 4.01. The molecule has 1 aliphatic carbocycles. The molecule has 1 aliphatic heterocycles. The lowest BCUT2D eigenvalue weighted by Crippen LogP contribution is -2.48. The summed E-state index contributed by atoms with van der Waals surface area (Å²) < 4.78 is 14.8. The molecule has 1 amide bonds. The first-order valence-electron chi connectivity index (χ1n) is 9.47. The quantitative estimate of drug-likeness (QED) is 0.822. The van der Waals surface area contributed by atoms with Crippen molar-refractivity contribution in [1.82, 2.24) is 20.4 Å². The molecule has 1 aromatic heterocycles. The van der Waals surface area contributed by atoms with Crippen molar-refractivity contribution in [1.29, 1.82) is 0 Å². The number of nitrogens with zero attached hydrogens (tertiary/aromatic N) is 2. The van der Waals surface area contributed by atoms with Crippen molar-refractivity contribution >= 4 is 18.3 Å². The van der Waals surface area contributed by atoms with Crippen LogP contribution in [0.4, 0.5) is 4.39 Å². The molecule has 1 saturated heterocycles. The first-order valence-corrected chi connectivity index (χ1v) is 9.47. The van der Waals surface area contributed by atoms with Gasteiger partial charge in [-0.1, -0.05) is 12.8 Å². The first-order chi connectivity index (χ1) is 12.7. The van der Waals surface area contributed by atoms with Crippen molar-refractivity contribution in [3.05, 3.63) is 48.0 Å². The summed E-state index contributed by atoms with van der Waals surface area (Å²) >= 11 is 0. The average molecular weight is 393 g/mol. The molecule has 2 fully saturated rings. The predicted molar refractivity (Wildman–Crippen MR) is 105 cm³/mol. The van der Waals surface area contributed by atoms with Crippen LogP contribution in [0.25, 0.3) is 5.69 Å². The number of hydrogen-bond acceptors (Lipinski definition) is 3. The first kappa shape index (κ1) is 19.8. The third-order valence-corrected chi connectivity index (χ3v) is 5.89. The Labute approximate surface area is 165 Å². The van der Waals surface area contributed by atoms with Crippen molar-refractivity contribution in [2.45, 2.75) is 32.1 Å². The summed E-state index contributed by atoms with van der Waals surface area (Å²) in [5.74, 6) is 0.421. The number of rotatable bonds is 5. The number of carbonyl (C=O) groups excluding carboxylic acids is 1. The second kappa shape index (κ2) is 8.40. The number of aromatic nitrogens is 2. The molecular formula is C20H26ClFN4O. The zero-order chi connectivity index (χ0) is 18.0. The van der Waals surface area contributed by atoms with Gasteiger partial charge in [0.15, 0.2) is 0 Å². The van der Waals surface area contributed by atoms with E-state index in [1.165, 1.54) is 18.6 Å². The smallest absolute Gasteiger partial charge is 0.227 e. The van der Waals surface area contributed by atoms with E-state index in [-0.39, 0.29) is 29.5 Å². The Balaban J connectivity index is 0.00000210. The summed E-state index contributed by atoms with van der Waals surface area (Å²) in [6.45, 7) is 2.37. The summed E-state index contributed by atoms with van der Waals surface area (Å²) in [6.07, 6.45) is 7.09. The molecule has 0 bridgehead atoms. The highest BCUT2D eigenvalue weighted by Gasteiger charge is 2.49. The molecule has 2 atom stereocenters. The number of fused-ring (bicyclic) bond motifs is 1. The number of benzene rings is 1. The lowest BCUT2D eigenvalue weighted by Gasteiger charge is -2.37. The highest BCUT2D eigenvalue weighted by Crippen LogP contribution is 2.43. The monoisotopic (exact) mass is 392 g/mol. The van der Waals surface area contributed by atoms with Gasteiger partial charge in [0.05, 0.1) is 16.8 Å². The lowest BCUT2D eigenvalue weighted by atomic mass is 9.67. The molecule has 7 heteroatoms. The molecule has 2 aromatic rings. The molecule has 0 spiro atoms. The number of nitrogens with one attached hydrogen (secondary N) is 2. The number of carbonyl (C=O) groups is 1. The maximum atomic E-state index is 13.0. The van der Waals surface area contributed by atoms with Crippen LogP contribution in [-0.2, 0) is 11.2 Å². The molecule has 1 saturated carbocycles. The van der Waals surface area contributed by atoms with Crippen LogP contribution in [0.15, 0.2) is 36.5 Å². The van der Waals surface area contributed by atoms with E-state index < -0.39 is 0 Å². The molecule has 2 heterocycles. The molecule has 2 aliphatic rings. The van der Waals surface area contributed by atoms with Gasteiger partial charge >= 0.3 is 0 Å². The van der Waals surface area contributed by atoms with Gasteiger partial charge in [0.1, 0.15) is 5.82 Å². The van der Waals surface area contributed by atoms with Crippen LogP contribution in [0.1, 0.15) is 31.4 Å². The second-order valence-electron chi connectivity index (χ2n) is 7.46. The van der Waals surface area contributed by atoms with Crippen LogP contribution < -0.4 is 10.6 Å². The maximum absolute atomic E-state index is 13.0. The number of amides is 1. The van der Waals surface area contributed by atoms with Crippen LogP contribution in [0.2, 0.25) is 0 Å². The molecule has 0 radical (unpaired) electrons. The van der Waals surface area contributed by atoms with Crippen LogP contribution in [0, 0.1) is 17.2 Å². The minimum absolute atomic E-state index is 0. The van der Waals surface area contributed by atoms with Crippen LogP contribution in [-0.4, -0.2) is 35.3 Å². The number of halogens is 2. The minimum atomic E-state index is -0.259. The normalized spacial score (nSPS) is 24.1. The minimum Gasteiger partial charge on any atom is -0.355 e. The van der Waals surface area contributed by atoms with Gasteiger partial charge < -0.3 is 10.6 Å². The lowest BCUT2D eigenvalue weighted by molar-refractivity contribution is -0.133.